The van der Waals surface area contributed by atoms with Crippen molar-refractivity contribution in [2.75, 3.05) is 7.11 Å². The lowest BCUT2D eigenvalue weighted by Crippen LogP contribution is -2.00. The van der Waals surface area contributed by atoms with E-state index in [0.717, 1.165) is 12.1 Å². The molecule has 0 unspecified atom stereocenters. The number of benzene rings is 1. The van der Waals surface area contributed by atoms with E-state index in [0.29, 0.717) is 0 Å². The van der Waals surface area contributed by atoms with Crippen LogP contribution in [-0.4, -0.2) is 13.1 Å². The van der Waals surface area contributed by atoms with E-state index in [1.165, 1.54) is 7.11 Å². The maximum atomic E-state index is 13.0. The summed E-state index contributed by atoms with van der Waals surface area (Å²) in [6.07, 6.45) is 0. The Kier molecular flexibility index (Phi) is 2.19. The molecule has 0 amide bonds. The summed E-state index contributed by atoms with van der Waals surface area (Å²) in [5.41, 5.74) is -0.345. The highest BCUT2D eigenvalue weighted by Gasteiger charge is 2.08. The smallest absolute Gasteiger partial charge is 0.336 e. The number of halogens is 1. The van der Waals surface area contributed by atoms with E-state index in [1.54, 1.807) is 0 Å². The van der Waals surface area contributed by atoms with Crippen LogP contribution in [0.2, 0.25) is 0 Å². The topological polar surface area (TPSA) is 30.7 Å². The molecule has 13 heavy (non-hydrogen) atoms. The molecule has 0 bridgehead atoms. The summed E-state index contributed by atoms with van der Waals surface area (Å²) in [5.74, 6) is -1.61. The van der Waals surface area contributed by atoms with Crippen molar-refractivity contribution in [3.63, 3.8) is 0 Å². The Morgan fingerprint density at radius 1 is 1.85 bits per heavy atom. The van der Waals surface area contributed by atoms with Crippen molar-refractivity contribution in [3.8, 4) is 0 Å². The molecule has 0 atom stereocenters. The normalized spacial score (nSPS) is 10.1. The summed E-state index contributed by atoms with van der Waals surface area (Å²) in [6.45, 7) is 6.63. The first kappa shape index (κ1) is 7.74. The second-order valence-electron chi connectivity index (χ2n) is 2.19. The predicted octanol–water partition coefficient (Wildman–Crippen LogP) is 2.16. The van der Waals surface area contributed by atoms with E-state index in [4.69, 9.17) is 7.94 Å². The van der Waals surface area contributed by atoms with Crippen LogP contribution in [0.25, 0.3) is 4.85 Å². The third-order valence-electron chi connectivity index (χ3n) is 1.41. The number of methoxy groups -OCH3 is 1. The highest BCUT2D eigenvalue weighted by atomic mass is 19.1. The molecule has 1 aromatic rings. The molecular formula is C9H6FNO2. The summed E-state index contributed by atoms with van der Waals surface area (Å²) in [7, 11) is 1.17. The Bertz CT molecular complexity index is 426. The van der Waals surface area contributed by atoms with Gasteiger partial charge in [-0.05, 0) is 18.2 Å². The number of carbonyl (C=O) groups excluding carboxylic acids is 1. The average Bonchev–Trinajstić information content (AvgIpc) is 2.20. The van der Waals surface area contributed by atoms with Gasteiger partial charge in [-0.2, -0.15) is 0 Å². The summed E-state index contributed by atoms with van der Waals surface area (Å²) in [4.78, 5) is 13.9. The molecular weight excluding hydrogens is 173 g/mol. The SMILES string of the molecule is [2H]c1cc(C(=O)OC)cc([N+]#[C-])c1F. The zero-order chi connectivity index (χ0) is 10.7. The van der Waals surface area contributed by atoms with Gasteiger partial charge in [-0.1, -0.05) is 0 Å². The number of esters is 1. The number of hydrogen-bond donors (Lipinski definition) is 0. The zero-order valence-electron chi connectivity index (χ0n) is 7.80. The molecule has 0 spiro atoms. The van der Waals surface area contributed by atoms with Crippen LogP contribution < -0.4 is 0 Å². The van der Waals surface area contributed by atoms with Gasteiger partial charge in [-0.15, -0.1) is 0 Å². The van der Waals surface area contributed by atoms with Gasteiger partial charge in [-0.3, -0.25) is 0 Å². The van der Waals surface area contributed by atoms with E-state index in [-0.39, 0.29) is 11.3 Å². The minimum absolute atomic E-state index is 0.00454. The molecule has 0 saturated carbocycles. The second kappa shape index (κ2) is 3.68. The fourth-order valence-electron chi connectivity index (χ4n) is 0.784. The van der Waals surface area contributed by atoms with Crippen LogP contribution in [0.4, 0.5) is 10.1 Å². The standard InChI is InChI=1S/C9H6FNO2/c1-11-8-5-6(9(12)13-2)3-4-7(8)10/h3-5H,2H3/i4D. The lowest BCUT2D eigenvalue weighted by Gasteiger charge is -1.99. The first-order valence-electron chi connectivity index (χ1n) is 3.86. The van der Waals surface area contributed by atoms with Crippen LogP contribution in [-0.2, 0) is 4.74 Å². The van der Waals surface area contributed by atoms with Gasteiger partial charge in [0.25, 0.3) is 0 Å². The van der Waals surface area contributed by atoms with E-state index < -0.39 is 17.8 Å². The Hall–Kier alpha value is -1.89. The van der Waals surface area contributed by atoms with Gasteiger partial charge >= 0.3 is 5.97 Å². The van der Waals surface area contributed by atoms with Crippen LogP contribution in [0.1, 0.15) is 11.7 Å². The molecule has 1 rings (SSSR count). The molecule has 66 valence electrons. The molecule has 0 fully saturated rings. The van der Waals surface area contributed by atoms with Crippen molar-refractivity contribution in [2.24, 2.45) is 0 Å². The summed E-state index contributed by atoms with van der Waals surface area (Å²) < 4.78 is 24.5. The van der Waals surface area contributed by atoms with Crippen molar-refractivity contribution in [2.45, 2.75) is 0 Å². The maximum Gasteiger partial charge on any atom is 0.336 e. The molecule has 1 aromatic carbocycles. The largest absolute Gasteiger partial charge is 0.465 e. The third kappa shape index (κ3) is 1.82. The summed E-state index contributed by atoms with van der Waals surface area (Å²) in [6, 6.07) is 1.60. The van der Waals surface area contributed by atoms with Crippen molar-refractivity contribution < 1.29 is 15.3 Å². The predicted molar refractivity (Wildman–Crippen MR) is 44.0 cm³/mol. The van der Waals surface area contributed by atoms with E-state index in [2.05, 4.69) is 9.58 Å². The maximum absolute atomic E-state index is 13.0. The molecule has 0 saturated heterocycles. The fraction of sp³-hybridized carbons (Fsp3) is 0.111. The van der Waals surface area contributed by atoms with Crippen LogP contribution in [0, 0.1) is 12.4 Å². The lowest BCUT2D eigenvalue weighted by atomic mass is 10.2. The first-order valence-corrected chi connectivity index (χ1v) is 3.36. The van der Waals surface area contributed by atoms with Crippen molar-refractivity contribution >= 4 is 11.7 Å². The number of hydrogen-bond acceptors (Lipinski definition) is 2. The number of ether oxygens (including phenoxy) is 1. The van der Waals surface area contributed by atoms with E-state index >= 15 is 0 Å². The van der Waals surface area contributed by atoms with Gasteiger partial charge in [-0.25, -0.2) is 14.0 Å². The molecule has 0 radical (unpaired) electrons. The van der Waals surface area contributed by atoms with E-state index in [9.17, 15) is 9.18 Å². The van der Waals surface area contributed by atoms with Gasteiger partial charge in [0.2, 0.25) is 5.69 Å². The Balaban J connectivity index is 3.32. The summed E-state index contributed by atoms with van der Waals surface area (Å²) >= 11 is 0. The molecule has 0 N–H and O–H groups in total. The highest BCUT2D eigenvalue weighted by Crippen LogP contribution is 2.19. The number of rotatable bonds is 1. The van der Waals surface area contributed by atoms with E-state index in [1.807, 2.05) is 0 Å². The van der Waals surface area contributed by atoms with Crippen molar-refractivity contribution in [1.29, 1.82) is 0 Å². The van der Waals surface area contributed by atoms with Crippen molar-refractivity contribution in [1.82, 2.24) is 0 Å². The number of nitrogens with zero attached hydrogens (tertiary/aromatic N) is 1. The molecule has 0 aliphatic carbocycles. The highest BCUT2D eigenvalue weighted by molar-refractivity contribution is 5.90. The molecule has 3 nitrogen and oxygen atoms in total. The van der Waals surface area contributed by atoms with Gasteiger partial charge in [0.05, 0.1) is 15.1 Å². The quantitative estimate of drug-likeness (QED) is 0.489. The van der Waals surface area contributed by atoms with Gasteiger partial charge < -0.3 is 4.74 Å². The third-order valence-corrected chi connectivity index (χ3v) is 1.41. The molecule has 0 aromatic heterocycles. The van der Waals surface area contributed by atoms with Gasteiger partial charge in [0, 0.05) is 5.56 Å². The second-order valence-corrected chi connectivity index (χ2v) is 2.19. The van der Waals surface area contributed by atoms with Crippen LogP contribution in [0.3, 0.4) is 0 Å². The Morgan fingerprint density at radius 2 is 2.54 bits per heavy atom. The molecule has 0 aliphatic rings. The average molecular weight is 180 g/mol. The fourth-order valence-corrected chi connectivity index (χ4v) is 0.784. The molecule has 0 heterocycles. The minimum atomic E-state index is -0.923. The number of carbonyl (C=O) groups is 1. The van der Waals surface area contributed by atoms with Crippen LogP contribution in [0.5, 0.6) is 0 Å². The van der Waals surface area contributed by atoms with Crippen LogP contribution >= 0.6 is 0 Å². The Morgan fingerprint density at radius 3 is 3.08 bits per heavy atom. The Labute approximate surface area is 76.0 Å². The zero-order valence-corrected chi connectivity index (χ0v) is 6.80. The first-order chi connectivity index (χ1) is 6.60. The lowest BCUT2D eigenvalue weighted by molar-refractivity contribution is 0.0601. The monoisotopic (exact) mass is 180 g/mol. The summed E-state index contributed by atoms with van der Waals surface area (Å²) in [5, 5.41) is 0. The van der Waals surface area contributed by atoms with Crippen LogP contribution in [0.15, 0.2) is 18.2 Å². The minimum Gasteiger partial charge on any atom is -0.465 e. The molecule has 0 aliphatic heterocycles. The molecule has 4 heteroatoms. The van der Waals surface area contributed by atoms with Crippen molar-refractivity contribution in [3.05, 3.63) is 41.0 Å². The van der Waals surface area contributed by atoms with Gasteiger partial charge in [0.15, 0.2) is 0 Å². The van der Waals surface area contributed by atoms with Gasteiger partial charge in [0.1, 0.15) is 5.82 Å².